The van der Waals surface area contributed by atoms with Crippen molar-refractivity contribution < 1.29 is 19.0 Å². The number of carboxylic acid groups (broad SMARTS) is 1. The Bertz CT molecular complexity index is 583. The summed E-state index contributed by atoms with van der Waals surface area (Å²) in [4.78, 5) is 10.5. The summed E-state index contributed by atoms with van der Waals surface area (Å²) in [7, 11) is 0. The maximum absolute atomic E-state index is 12.7. The van der Waals surface area contributed by atoms with Gasteiger partial charge in [0.15, 0.2) is 0 Å². The molecule has 0 spiro atoms. The molecule has 1 N–H and O–H groups in total. The molecule has 0 aliphatic heterocycles. The Hall–Kier alpha value is -2.44. The number of carbonyl (C=O) groups is 1. The summed E-state index contributed by atoms with van der Waals surface area (Å²) in [6.07, 6.45) is 2.88. The second-order valence-corrected chi connectivity index (χ2v) is 4.52. The largest absolute Gasteiger partial charge is 0.494 e. The Morgan fingerprint density at radius 2 is 2.10 bits per heavy atom. The van der Waals surface area contributed by atoms with Crippen molar-refractivity contribution in [1.29, 1.82) is 0 Å². The van der Waals surface area contributed by atoms with Gasteiger partial charge in [-0.1, -0.05) is 5.21 Å². The molecule has 21 heavy (non-hydrogen) atoms. The second kappa shape index (κ2) is 7.37. The Morgan fingerprint density at radius 1 is 1.33 bits per heavy atom. The topological polar surface area (TPSA) is 77.2 Å². The number of carboxylic acids is 1. The molecule has 112 valence electrons. The van der Waals surface area contributed by atoms with Crippen LogP contribution in [0.2, 0.25) is 0 Å². The van der Waals surface area contributed by atoms with E-state index in [9.17, 15) is 9.18 Å². The van der Waals surface area contributed by atoms with Crippen LogP contribution in [0.1, 0.15) is 18.5 Å². The quantitative estimate of drug-likeness (QED) is 0.752. The van der Waals surface area contributed by atoms with E-state index in [0.717, 1.165) is 6.42 Å². The molecule has 6 nitrogen and oxygen atoms in total. The summed E-state index contributed by atoms with van der Waals surface area (Å²) in [5, 5.41) is 16.4. The fourth-order valence-corrected chi connectivity index (χ4v) is 1.74. The molecule has 1 heterocycles. The highest BCUT2D eigenvalue weighted by Gasteiger charge is 2.04. The minimum absolute atomic E-state index is 0.0480. The molecule has 0 saturated carbocycles. The molecule has 0 saturated heterocycles. The number of rotatable bonds is 8. The number of benzene rings is 1. The molecule has 0 aliphatic rings. The number of halogens is 1. The molecule has 1 aromatic carbocycles. The highest BCUT2D eigenvalue weighted by Crippen LogP contribution is 2.11. The van der Waals surface area contributed by atoms with Gasteiger partial charge in [-0.05, 0) is 24.3 Å². The van der Waals surface area contributed by atoms with Crippen LogP contribution in [0.4, 0.5) is 4.39 Å². The minimum Gasteiger partial charge on any atom is -0.494 e. The zero-order valence-electron chi connectivity index (χ0n) is 11.4. The van der Waals surface area contributed by atoms with Gasteiger partial charge in [0.1, 0.15) is 11.6 Å². The molecule has 1 aromatic heterocycles. The first-order valence-electron chi connectivity index (χ1n) is 6.62. The second-order valence-electron chi connectivity index (χ2n) is 4.52. The predicted octanol–water partition coefficient (Wildman–Crippen LogP) is 1.90. The molecular formula is C14H16FN3O3. The van der Waals surface area contributed by atoms with Crippen LogP contribution in [-0.4, -0.2) is 32.7 Å². The van der Waals surface area contributed by atoms with Crippen molar-refractivity contribution >= 4 is 5.97 Å². The third kappa shape index (κ3) is 5.21. The standard InChI is InChI=1S/C14H16FN3O3/c15-11-2-5-13(6-3-11)21-9-1-8-18-10-12(16-17-18)4-7-14(19)20/h2-3,5-6,10H,1,4,7-9H2,(H,19,20). The number of hydrogen-bond donors (Lipinski definition) is 1. The van der Waals surface area contributed by atoms with Crippen LogP contribution >= 0.6 is 0 Å². The number of aryl methyl sites for hydroxylation is 2. The van der Waals surface area contributed by atoms with E-state index < -0.39 is 5.97 Å². The summed E-state index contributed by atoms with van der Waals surface area (Å²) in [6.45, 7) is 1.11. The van der Waals surface area contributed by atoms with Crippen LogP contribution in [0.5, 0.6) is 5.75 Å². The SMILES string of the molecule is O=C(O)CCc1cn(CCCOc2ccc(F)cc2)nn1. The smallest absolute Gasteiger partial charge is 0.303 e. The van der Waals surface area contributed by atoms with Gasteiger partial charge in [-0.3, -0.25) is 9.48 Å². The first-order chi connectivity index (χ1) is 10.1. The maximum Gasteiger partial charge on any atom is 0.303 e. The lowest BCUT2D eigenvalue weighted by molar-refractivity contribution is -0.136. The summed E-state index contributed by atoms with van der Waals surface area (Å²) >= 11 is 0. The van der Waals surface area contributed by atoms with Crippen molar-refractivity contribution in [2.24, 2.45) is 0 Å². The van der Waals surface area contributed by atoms with E-state index in [1.807, 2.05) is 0 Å². The van der Waals surface area contributed by atoms with Gasteiger partial charge in [-0.25, -0.2) is 4.39 Å². The monoisotopic (exact) mass is 293 g/mol. The van der Waals surface area contributed by atoms with E-state index >= 15 is 0 Å². The molecule has 0 unspecified atom stereocenters. The van der Waals surface area contributed by atoms with Crippen molar-refractivity contribution in [3.05, 3.63) is 42.0 Å². The average molecular weight is 293 g/mol. The van der Waals surface area contributed by atoms with Crippen LogP contribution < -0.4 is 4.74 Å². The number of aliphatic carboxylic acids is 1. The number of ether oxygens (including phenoxy) is 1. The Balaban J connectivity index is 1.68. The fraction of sp³-hybridized carbons (Fsp3) is 0.357. The lowest BCUT2D eigenvalue weighted by Crippen LogP contribution is -2.05. The fourth-order valence-electron chi connectivity index (χ4n) is 1.74. The molecule has 0 radical (unpaired) electrons. The normalized spacial score (nSPS) is 10.5. The molecule has 7 heteroatoms. The summed E-state index contributed by atoms with van der Waals surface area (Å²) in [5.41, 5.74) is 0.664. The molecule has 0 aliphatic carbocycles. The third-order valence-corrected chi connectivity index (χ3v) is 2.80. The van der Waals surface area contributed by atoms with Gasteiger partial charge >= 0.3 is 5.97 Å². The van der Waals surface area contributed by atoms with E-state index in [4.69, 9.17) is 9.84 Å². The van der Waals surface area contributed by atoms with Crippen LogP contribution in [0, 0.1) is 5.82 Å². The van der Waals surface area contributed by atoms with Gasteiger partial charge in [0.25, 0.3) is 0 Å². The third-order valence-electron chi connectivity index (χ3n) is 2.80. The first-order valence-corrected chi connectivity index (χ1v) is 6.62. The van der Waals surface area contributed by atoms with Crippen LogP contribution in [0.15, 0.2) is 30.5 Å². The van der Waals surface area contributed by atoms with Crippen LogP contribution in [0.25, 0.3) is 0 Å². The van der Waals surface area contributed by atoms with Gasteiger partial charge in [0.05, 0.1) is 18.7 Å². The Morgan fingerprint density at radius 3 is 2.81 bits per heavy atom. The Kier molecular flexibility index (Phi) is 5.25. The molecule has 2 aromatic rings. The van der Waals surface area contributed by atoms with Crippen molar-refractivity contribution in [1.82, 2.24) is 15.0 Å². The molecular weight excluding hydrogens is 277 g/mol. The van der Waals surface area contributed by atoms with E-state index in [1.54, 1.807) is 23.0 Å². The maximum atomic E-state index is 12.7. The number of nitrogens with zero attached hydrogens (tertiary/aromatic N) is 3. The lowest BCUT2D eigenvalue weighted by Gasteiger charge is -2.05. The molecule has 0 bridgehead atoms. The minimum atomic E-state index is -0.850. The zero-order chi connectivity index (χ0) is 15.1. The van der Waals surface area contributed by atoms with Crippen molar-refractivity contribution in [2.75, 3.05) is 6.61 Å². The first kappa shape index (κ1) is 15.0. The van der Waals surface area contributed by atoms with Gasteiger partial charge in [0, 0.05) is 25.6 Å². The Labute approximate surface area is 121 Å². The van der Waals surface area contributed by atoms with E-state index in [0.29, 0.717) is 31.0 Å². The highest BCUT2D eigenvalue weighted by molar-refractivity contribution is 5.66. The van der Waals surface area contributed by atoms with Gasteiger partial charge in [-0.2, -0.15) is 0 Å². The molecule has 0 atom stereocenters. The summed E-state index contributed by atoms with van der Waals surface area (Å²) in [6, 6.07) is 5.85. The number of aromatic nitrogens is 3. The molecule has 0 fully saturated rings. The van der Waals surface area contributed by atoms with Crippen LogP contribution in [0.3, 0.4) is 0 Å². The van der Waals surface area contributed by atoms with Crippen molar-refractivity contribution in [3.8, 4) is 5.75 Å². The summed E-state index contributed by atoms with van der Waals surface area (Å²) in [5.74, 6) is -0.520. The lowest BCUT2D eigenvalue weighted by atomic mass is 10.2. The average Bonchev–Trinajstić information content (AvgIpc) is 2.91. The molecule has 0 amide bonds. The highest BCUT2D eigenvalue weighted by atomic mass is 19.1. The van der Waals surface area contributed by atoms with Gasteiger partial charge in [-0.15, -0.1) is 5.10 Å². The van der Waals surface area contributed by atoms with Crippen molar-refractivity contribution in [3.63, 3.8) is 0 Å². The van der Waals surface area contributed by atoms with E-state index in [-0.39, 0.29) is 12.2 Å². The van der Waals surface area contributed by atoms with Gasteiger partial charge in [0.2, 0.25) is 0 Å². The summed E-state index contributed by atoms with van der Waals surface area (Å²) < 4.78 is 19.8. The molecule has 2 rings (SSSR count). The van der Waals surface area contributed by atoms with E-state index in [1.165, 1.54) is 12.1 Å². The zero-order valence-corrected chi connectivity index (χ0v) is 11.4. The van der Waals surface area contributed by atoms with Crippen LogP contribution in [-0.2, 0) is 17.8 Å². The predicted molar refractivity (Wildman–Crippen MR) is 72.5 cm³/mol. The van der Waals surface area contributed by atoms with Crippen molar-refractivity contribution in [2.45, 2.75) is 25.8 Å². The van der Waals surface area contributed by atoms with Gasteiger partial charge < -0.3 is 9.84 Å². The number of hydrogen-bond acceptors (Lipinski definition) is 4. The van der Waals surface area contributed by atoms with E-state index in [2.05, 4.69) is 10.3 Å².